The molecule has 0 saturated heterocycles. The van der Waals surface area contributed by atoms with Crippen molar-refractivity contribution in [2.75, 3.05) is 12.8 Å². The first-order valence-electron chi connectivity index (χ1n) is 9.01. The van der Waals surface area contributed by atoms with E-state index in [0.717, 1.165) is 46.7 Å². The van der Waals surface area contributed by atoms with Gasteiger partial charge in [0.1, 0.15) is 5.75 Å². The number of methoxy groups -OCH3 is 1. The van der Waals surface area contributed by atoms with E-state index in [1.807, 2.05) is 6.07 Å². The summed E-state index contributed by atoms with van der Waals surface area (Å²) in [6.45, 7) is 11.1. The minimum Gasteiger partial charge on any atom is -0.496 e. The molecule has 0 saturated carbocycles. The molecule has 2 rings (SSSR count). The summed E-state index contributed by atoms with van der Waals surface area (Å²) < 4.78 is 5.66. The molecule has 0 aliphatic carbocycles. The van der Waals surface area contributed by atoms with Gasteiger partial charge >= 0.3 is 0 Å². The van der Waals surface area contributed by atoms with Crippen LogP contribution in [0.3, 0.4) is 0 Å². The highest BCUT2D eigenvalue weighted by molar-refractivity contribution is 7.80. The van der Waals surface area contributed by atoms with Crippen LogP contribution >= 0.6 is 12.6 Å². The Morgan fingerprint density at radius 2 is 1.76 bits per heavy atom. The van der Waals surface area contributed by atoms with Crippen LogP contribution in [0.15, 0.2) is 29.2 Å². The Kier molecular flexibility index (Phi) is 6.10. The fourth-order valence-electron chi connectivity index (χ4n) is 3.58. The molecule has 0 aliphatic rings. The molecule has 0 heterocycles. The summed E-state index contributed by atoms with van der Waals surface area (Å²) in [6, 6.07) is 8.41. The molecule has 0 radical (unpaired) electrons. The van der Waals surface area contributed by atoms with E-state index in [0.29, 0.717) is 0 Å². The van der Waals surface area contributed by atoms with Gasteiger partial charge in [0.15, 0.2) is 0 Å². The van der Waals surface area contributed by atoms with Crippen molar-refractivity contribution < 1.29 is 4.74 Å². The van der Waals surface area contributed by atoms with Gasteiger partial charge < -0.3 is 10.5 Å². The molecule has 0 atom stereocenters. The van der Waals surface area contributed by atoms with Crippen molar-refractivity contribution in [2.45, 2.75) is 64.2 Å². The lowest BCUT2D eigenvalue weighted by molar-refractivity contribution is 0.407. The second-order valence-corrected chi connectivity index (χ2v) is 7.95. The number of hydrogen-bond acceptors (Lipinski definition) is 3. The summed E-state index contributed by atoms with van der Waals surface area (Å²) >= 11 is 4.55. The number of ether oxygens (including phenoxy) is 1. The lowest BCUT2D eigenvalue weighted by Crippen LogP contribution is -2.19. The largest absolute Gasteiger partial charge is 0.496 e. The fraction of sp³-hybridized carbons (Fsp3) is 0.455. The van der Waals surface area contributed by atoms with E-state index in [-0.39, 0.29) is 5.41 Å². The van der Waals surface area contributed by atoms with Crippen LogP contribution in [-0.4, -0.2) is 7.11 Å². The molecule has 25 heavy (non-hydrogen) atoms. The molecule has 0 aromatic heterocycles. The van der Waals surface area contributed by atoms with E-state index >= 15 is 0 Å². The Labute approximate surface area is 158 Å². The summed E-state index contributed by atoms with van der Waals surface area (Å²) in [5.74, 6) is 0.943. The maximum Gasteiger partial charge on any atom is 0.125 e. The zero-order valence-corrected chi connectivity index (χ0v) is 17.3. The van der Waals surface area contributed by atoms with Gasteiger partial charge in [0.2, 0.25) is 0 Å². The maximum atomic E-state index is 6.27. The molecule has 2 aromatic carbocycles. The Balaban J connectivity index is 2.62. The van der Waals surface area contributed by atoms with E-state index in [9.17, 15) is 0 Å². The Hall–Kier alpha value is -1.61. The second-order valence-electron chi connectivity index (χ2n) is 7.43. The number of rotatable bonds is 6. The quantitative estimate of drug-likeness (QED) is 0.512. The van der Waals surface area contributed by atoms with Crippen molar-refractivity contribution in [2.24, 2.45) is 0 Å². The lowest BCUT2D eigenvalue weighted by Gasteiger charge is -2.28. The van der Waals surface area contributed by atoms with E-state index in [4.69, 9.17) is 10.5 Å². The highest BCUT2D eigenvalue weighted by Crippen LogP contribution is 2.36. The van der Waals surface area contributed by atoms with Gasteiger partial charge in [0, 0.05) is 17.0 Å². The lowest BCUT2D eigenvalue weighted by atomic mass is 9.77. The Morgan fingerprint density at radius 1 is 1.08 bits per heavy atom. The van der Waals surface area contributed by atoms with Gasteiger partial charge in [0.05, 0.1) is 7.11 Å². The van der Waals surface area contributed by atoms with Crippen LogP contribution in [0.4, 0.5) is 5.69 Å². The molecule has 0 bridgehead atoms. The average Bonchev–Trinajstić information content (AvgIpc) is 2.54. The van der Waals surface area contributed by atoms with Crippen molar-refractivity contribution in [3.63, 3.8) is 0 Å². The first kappa shape index (κ1) is 19.7. The highest BCUT2D eigenvalue weighted by Gasteiger charge is 2.23. The molecule has 0 fully saturated rings. The molecule has 2 N–H and O–H groups in total. The third-order valence-corrected chi connectivity index (χ3v) is 5.51. The van der Waals surface area contributed by atoms with Gasteiger partial charge in [-0.2, -0.15) is 0 Å². The smallest absolute Gasteiger partial charge is 0.125 e. The summed E-state index contributed by atoms with van der Waals surface area (Å²) in [6.07, 6.45) is 2.88. The van der Waals surface area contributed by atoms with Gasteiger partial charge in [0.25, 0.3) is 0 Å². The molecule has 0 spiro atoms. The number of thiol groups is 1. The van der Waals surface area contributed by atoms with E-state index in [2.05, 4.69) is 65.4 Å². The predicted octanol–water partition coefficient (Wildman–Crippen LogP) is 5.72. The fourth-order valence-corrected chi connectivity index (χ4v) is 3.93. The molecular formula is C22H31NOS. The van der Waals surface area contributed by atoms with Crippen molar-refractivity contribution in [3.8, 4) is 5.75 Å². The zero-order valence-electron chi connectivity index (χ0n) is 16.4. The highest BCUT2D eigenvalue weighted by atomic mass is 32.1. The topological polar surface area (TPSA) is 35.2 Å². The monoisotopic (exact) mass is 357 g/mol. The number of hydrogen-bond donors (Lipinski definition) is 2. The first-order valence-corrected chi connectivity index (χ1v) is 9.46. The summed E-state index contributed by atoms with van der Waals surface area (Å²) in [5, 5.41) is 0. The Bertz CT molecular complexity index is 765. The standard InChI is InChI=1S/C22H31NOS/c1-7-19-15(11-17(23)13-20(19)22(4,5)8-2)10-16-12-18(25)9-14(3)21(16)24-6/h9,11-13,25H,7-8,10,23H2,1-6H3. The normalized spacial score (nSPS) is 11.6. The molecular weight excluding hydrogens is 326 g/mol. The number of nitrogens with two attached hydrogens (primary N) is 1. The van der Waals surface area contributed by atoms with Crippen molar-refractivity contribution in [3.05, 3.63) is 52.1 Å². The second kappa shape index (κ2) is 7.74. The summed E-state index contributed by atoms with van der Waals surface area (Å²) in [7, 11) is 1.73. The average molecular weight is 358 g/mol. The molecule has 0 amide bonds. The number of benzene rings is 2. The minimum atomic E-state index is 0.112. The van der Waals surface area contributed by atoms with Gasteiger partial charge in [-0.25, -0.2) is 0 Å². The van der Waals surface area contributed by atoms with Gasteiger partial charge in [-0.05, 0) is 77.3 Å². The molecule has 2 aromatic rings. The molecule has 0 aliphatic heterocycles. The maximum absolute atomic E-state index is 6.27. The zero-order chi connectivity index (χ0) is 18.8. The van der Waals surface area contributed by atoms with E-state index in [1.165, 1.54) is 16.7 Å². The number of anilines is 1. The SMILES string of the molecule is CCc1c(Cc2cc(S)cc(C)c2OC)cc(N)cc1C(C)(C)CC. The minimum absolute atomic E-state index is 0.112. The van der Waals surface area contributed by atoms with Crippen LogP contribution in [0.2, 0.25) is 0 Å². The van der Waals surface area contributed by atoms with E-state index < -0.39 is 0 Å². The third kappa shape index (κ3) is 4.14. The van der Waals surface area contributed by atoms with Crippen LogP contribution in [0, 0.1) is 6.92 Å². The summed E-state index contributed by atoms with van der Waals surface area (Å²) in [5.41, 5.74) is 13.6. The van der Waals surface area contributed by atoms with Crippen LogP contribution in [-0.2, 0) is 18.3 Å². The molecule has 3 heteroatoms. The first-order chi connectivity index (χ1) is 11.7. The van der Waals surface area contributed by atoms with Crippen LogP contribution in [0.5, 0.6) is 5.75 Å². The molecule has 2 nitrogen and oxygen atoms in total. The molecule has 136 valence electrons. The van der Waals surface area contributed by atoms with Crippen LogP contribution in [0.1, 0.15) is 61.9 Å². The van der Waals surface area contributed by atoms with Crippen molar-refractivity contribution in [1.29, 1.82) is 0 Å². The van der Waals surface area contributed by atoms with Crippen LogP contribution in [0.25, 0.3) is 0 Å². The number of aryl methyl sites for hydroxylation is 1. The molecule has 0 unspecified atom stereocenters. The third-order valence-electron chi connectivity index (χ3n) is 5.25. The van der Waals surface area contributed by atoms with Gasteiger partial charge in [-0.15, -0.1) is 12.6 Å². The van der Waals surface area contributed by atoms with Gasteiger partial charge in [-0.3, -0.25) is 0 Å². The Morgan fingerprint density at radius 3 is 2.32 bits per heavy atom. The van der Waals surface area contributed by atoms with Crippen molar-refractivity contribution in [1.82, 2.24) is 0 Å². The number of nitrogen functional groups attached to an aromatic ring is 1. The summed E-state index contributed by atoms with van der Waals surface area (Å²) in [4.78, 5) is 0.962. The predicted molar refractivity (Wildman–Crippen MR) is 111 cm³/mol. The van der Waals surface area contributed by atoms with E-state index in [1.54, 1.807) is 7.11 Å². The van der Waals surface area contributed by atoms with Crippen molar-refractivity contribution >= 4 is 18.3 Å². The van der Waals surface area contributed by atoms with Crippen LogP contribution < -0.4 is 10.5 Å². The van der Waals surface area contributed by atoms with Gasteiger partial charge in [-0.1, -0.05) is 27.7 Å².